The molecule has 0 saturated carbocycles. The Hall–Kier alpha value is -1.60. The van der Waals surface area contributed by atoms with Crippen molar-refractivity contribution in [2.45, 2.75) is 25.7 Å². The number of rotatable bonds is 8. The summed E-state index contributed by atoms with van der Waals surface area (Å²) in [5, 5.41) is 0. The second kappa shape index (κ2) is 9.92. The second-order valence-corrected chi connectivity index (χ2v) is 9.17. The van der Waals surface area contributed by atoms with Crippen LogP contribution in [0.3, 0.4) is 0 Å². The molecule has 0 N–H and O–H groups in total. The van der Waals surface area contributed by atoms with Gasteiger partial charge in [-0.2, -0.15) is 0 Å². The van der Waals surface area contributed by atoms with Crippen molar-refractivity contribution in [1.29, 1.82) is 0 Å². The van der Waals surface area contributed by atoms with Crippen LogP contribution in [-0.2, 0) is 21.1 Å². The fourth-order valence-electron chi connectivity index (χ4n) is 3.20. The molecule has 6 nitrogen and oxygen atoms in total. The van der Waals surface area contributed by atoms with Gasteiger partial charge in [-0.25, -0.2) is 8.42 Å². The van der Waals surface area contributed by atoms with Crippen LogP contribution in [0, 0.1) is 0 Å². The predicted molar refractivity (Wildman–Crippen MR) is 103 cm³/mol. The Kier molecular flexibility index (Phi) is 7.90. The Morgan fingerprint density at radius 1 is 1.12 bits per heavy atom. The standard InChI is InChI=1S/C19H30N2O4S/c1-25-18-8-5-17(6-9-18)7-10-19(22)21-13-3-11-20(14-15-21)12-4-16-26(2,23)24/h5-6,8-9H,3-4,7,10-16H2,1-2H3. The first-order valence-electron chi connectivity index (χ1n) is 9.18. The van der Waals surface area contributed by atoms with Crippen LogP contribution in [0.5, 0.6) is 5.75 Å². The number of benzene rings is 1. The minimum absolute atomic E-state index is 0.193. The van der Waals surface area contributed by atoms with Gasteiger partial charge in [0.2, 0.25) is 5.91 Å². The van der Waals surface area contributed by atoms with E-state index in [1.54, 1.807) is 7.11 Å². The van der Waals surface area contributed by atoms with E-state index in [0.717, 1.165) is 56.9 Å². The highest BCUT2D eigenvalue weighted by atomic mass is 32.2. The van der Waals surface area contributed by atoms with Crippen LogP contribution in [0.15, 0.2) is 24.3 Å². The maximum absolute atomic E-state index is 12.5. The monoisotopic (exact) mass is 382 g/mol. The van der Waals surface area contributed by atoms with Crippen LogP contribution >= 0.6 is 0 Å². The summed E-state index contributed by atoms with van der Waals surface area (Å²) in [6, 6.07) is 7.83. The molecular formula is C19H30N2O4S. The molecule has 0 aromatic heterocycles. The second-order valence-electron chi connectivity index (χ2n) is 6.91. The number of aryl methyl sites for hydroxylation is 1. The fourth-order valence-corrected chi connectivity index (χ4v) is 3.85. The third-order valence-electron chi connectivity index (χ3n) is 4.72. The number of carbonyl (C=O) groups excluding carboxylic acids is 1. The summed E-state index contributed by atoms with van der Waals surface area (Å²) in [5.74, 6) is 1.25. The van der Waals surface area contributed by atoms with Crippen molar-refractivity contribution >= 4 is 15.7 Å². The summed E-state index contributed by atoms with van der Waals surface area (Å²) in [6.07, 6.45) is 4.12. The van der Waals surface area contributed by atoms with Gasteiger partial charge in [0.05, 0.1) is 12.9 Å². The van der Waals surface area contributed by atoms with Crippen LogP contribution in [0.1, 0.15) is 24.8 Å². The topological polar surface area (TPSA) is 66.9 Å². The lowest BCUT2D eigenvalue weighted by molar-refractivity contribution is -0.131. The van der Waals surface area contributed by atoms with Crippen LogP contribution in [-0.4, -0.2) is 76.0 Å². The number of hydrogen-bond donors (Lipinski definition) is 0. The molecule has 2 rings (SSSR count). The van der Waals surface area contributed by atoms with Gasteiger partial charge >= 0.3 is 0 Å². The minimum Gasteiger partial charge on any atom is -0.497 e. The van der Waals surface area contributed by atoms with E-state index in [0.29, 0.717) is 12.8 Å². The lowest BCUT2D eigenvalue weighted by Gasteiger charge is -2.22. The molecule has 1 aromatic rings. The molecule has 1 heterocycles. The zero-order valence-corrected chi connectivity index (χ0v) is 16.6. The molecule has 146 valence electrons. The Morgan fingerprint density at radius 3 is 2.50 bits per heavy atom. The summed E-state index contributed by atoms with van der Waals surface area (Å²) in [6.45, 7) is 4.02. The first kappa shape index (κ1) is 20.7. The minimum atomic E-state index is -2.90. The number of nitrogens with zero attached hydrogens (tertiary/aromatic N) is 2. The van der Waals surface area contributed by atoms with Gasteiger partial charge in [0.1, 0.15) is 15.6 Å². The van der Waals surface area contributed by atoms with Gasteiger partial charge < -0.3 is 14.5 Å². The largest absolute Gasteiger partial charge is 0.497 e. The van der Waals surface area contributed by atoms with E-state index in [4.69, 9.17) is 4.74 Å². The van der Waals surface area contributed by atoms with E-state index < -0.39 is 9.84 Å². The highest BCUT2D eigenvalue weighted by molar-refractivity contribution is 7.90. The zero-order chi connectivity index (χ0) is 19.0. The Morgan fingerprint density at radius 2 is 1.85 bits per heavy atom. The number of ether oxygens (including phenoxy) is 1. The van der Waals surface area contributed by atoms with Gasteiger partial charge in [-0.15, -0.1) is 0 Å². The third kappa shape index (κ3) is 7.33. The SMILES string of the molecule is COc1ccc(CCC(=O)N2CCCN(CCCS(C)(=O)=O)CC2)cc1. The van der Waals surface area contributed by atoms with Crippen molar-refractivity contribution in [2.75, 3.05) is 51.8 Å². The number of amides is 1. The molecule has 1 fully saturated rings. The Bertz CT molecular complexity index is 673. The van der Waals surface area contributed by atoms with Crippen LogP contribution in [0.2, 0.25) is 0 Å². The summed E-state index contributed by atoms with van der Waals surface area (Å²) in [4.78, 5) is 16.7. The fraction of sp³-hybridized carbons (Fsp3) is 0.632. The van der Waals surface area contributed by atoms with Gasteiger partial charge in [0, 0.05) is 32.3 Å². The predicted octanol–water partition coefficient (Wildman–Crippen LogP) is 1.60. The van der Waals surface area contributed by atoms with Gasteiger partial charge in [-0.1, -0.05) is 12.1 Å². The zero-order valence-electron chi connectivity index (χ0n) is 15.8. The lowest BCUT2D eigenvalue weighted by Crippen LogP contribution is -2.35. The van der Waals surface area contributed by atoms with Crippen molar-refractivity contribution in [3.05, 3.63) is 29.8 Å². The molecule has 0 spiro atoms. The van der Waals surface area contributed by atoms with Gasteiger partial charge in [0.15, 0.2) is 0 Å². The van der Waals surface area contributed by atoms with E-state index in [2.05, 4.69) is 4.90 Å². The molecule has 0 radical (unpaired) electrons. The maximum Gasteiger partial charge on any atom is 0.222 e. The van der Waals surface area contributed by atoms with Gasteiger partial charge in [0.25, 0.3) is 0 Å². The Balaban J connectivity index is 1.74. The normalized spacial score (nSPS) is 16.3. The molecule has 1 saturated heterocycles. The number of methoxy groups -OCH3 is 1. The summed E-state index contributed by atoms with van der Waals surface area (Å²) < 4.78 is 27.6. The molecule has 1 amide bonds. The molecule has 1 aromatic carbocycles. The van der Waals surface area contributed by atoms with E-state index in [-0.39, 0.29) is 11.7 Å². The van der Waals surface area contributed by atoms with Crippen LogP contribution in [0.4, 0.5) is 0 Å². The smallest absolute Gasteiger partial charge is 0.222 e. The number of hydrogen-bond acceptors (Lipinski definition) is 5. The third-order valence-corrected chi connectivity index (χ3v) is 5.75. The summed E-state index contributed by atoms with van der Waals surface area (Å²) in [7, 11) is -1.25. The quantitative estimate of drug-likeness (QED) is 0.683. The lowest BCUT2D eigenvalue weighted by atomic mass is 10.1. The molecular weight excluding hydrogens is 352 g/mol. The molecule has 7 heteroatoms. The summed E-state index contributed by atoms with van der Waals surface area (Å²) >= 11 is 0. The van der Waals surface area contributed by atoms with Crippen molar-refractivity contribution in [2.24, 2.45) is 0 Å². The number of sulfone groups is 1. The Labute approximate surface area is 157 Å². The average Bonchev–Trinajstić information content (AvgIpc) is 2.85. The van der Waals surface area contributed by atoms with Crippen molar-refractivity contribution < 1.29 is 17.9 Å². The first-order valence-corrected chi connectivity index (χ1v) is 11.2. The molecule has 1 aliphatic rings. The maximum atomic E-state index is 12.5. The highest BCUT2D eigenvalue weighted by Crippen LogP contribution is 2.14. The van der Waals surface area contributed by atoms with Crippen LogP contribution in [0.25, 0.3) is 0 Å². The molecule has 1 aliphatic heterocycles. The van der Waals surface area contributed by atoms with Gasteiger partial charge in [-0.05, 0) is 50.0 Å². The number of carbonyl (C=O) groups is 1. The van der Waals surface area contributed by atoms with Crippen molar-refractivity contribution in [3.63, 3.8) is 0 Å². The van der Waals surface area contributed by atoms with Crippen molar-refractivity contribution in [3.8, 4) is 5.75 Å². The van der Waals surface area contributed by atoms with Crippen molar-refractivity contribution in [1.82, 2.24) is 9.80 Å². The molecule has 0 atom stereocenters. The summed E-state index contributed by atoms with van der Waals surface area (Å²) in [5.41, 5.74) is 1.14. The van der Waals surface area contributed by atoms with E-state index in [1.165, 1.54) is 6.26 Å². The molecule has 0 unspecified atom stereocenters. The van der Waals surface area contributed by atoms with Crippen LogP contribution < -0.4 is 4.74 Å². The molecule has 26 heavy (non-hydrogen) atoms. The van der Waals surface area contributed by atoms with E-state index in [1.807, 2.05) is 29.2 Å². The molecule has 0 aliphatic carbocycles. The average molecular weight is 383 g/mol. The first-order chi connectivity index (χ1) is 12.4. The highest BCUT2D eigenvalue weighted by Gasteiger charge is 2.19. The van der Waals surface area contributed by atoms with E-state index >= 15 is 0 Å². The van der Waals surface area contributed by atoms with E-state index in [9.17, 15) is 13.2 Å². The molecule has 0 bridgehead atoms. The van der Waals surface area contributed by atoms with Gasteiger partial charge in [-0.3, -0.25) is 4.79 Å².